The molecule has 6 nitrogen and oxygen atoms in total. The molecular weight excluding hydrogens is 304 g/mol. The molecule has 0 spiro atoms. The van der Waals surface area contributed by atoms with Crippen molar-refractivity contribution in [2.24, 2.45) is 0 Å². The van der Waals surface area contributed by atoms with Crippen molar-refractivity contribution in [2.75, 3.05) is 5.32 Å². The second-order valence-corrected chi connectivity index (χ2v) is 5.03. The van der Waals surface area contributed by atoms with Crippen LogP contribution >= 0.6 is 0 Å². The molecular formula is C18H12N4O2. The molecule has 0 fully saturated rings. The van der Waals surface area contributed by atoms with Gasteiger partial charge in [0.1, 0.15) is 0 Å². The minimum atomic E-state index is -0.307. The van der Waals surface area contributed by atoms with E-state index in [0.717, 1.165) is 5.56 Å². The van der Waals surface area contributed by atoms with Gasteiger partial charge in [-0.25, -0.2) is 5.10 Å². The highest BCUT2D eigenvalue weighted by molar-refractivity contribution is 6.04. The Kier molecular flexibility index (Phi) is 4.17. The predicted octanol–water partition coefficient (Wildman–Crippen LogP) is 2.56. The average Bonchev–Trinajstić information content (AvgIpc) is 2.62. The van der Waals surface area contributed by atoms with E-state index in [4.69, 9.17) is 5.26 Å². The lowest BCUT2D eigenvalue weighted by atomic mass is 10.1. The van der Waals surface area contributed by atoms with Gasteiger partial charge < -0.3 is 5.32 Å². The summed E-state index contributed by atoms with van der Waals surface area (Å²) in [6.07, 6.45) is 0. The summed E-state index contributed by atoms with van der Waals surface area (Å²) in [4.78, 5) is 23.4. The molecule has 0 saturated carbocycles. The van der Waals surface area contributed by atoms with Crippen LogP contribution in [0.3, 0.4) is 0 Å². The average molecular weight is 316 g/mol. The van der Waals surface area contributed by atoms with Gasteiger partial charge in [-0.15, -0.1) is 0 Å². The topological polar surface area (TPSA) is 98.6 Å². The summed E-state index contributed by atoms with van der Waals surface area (Å²) in [5.41, 5.74) is 2.50. The first-order chi connectivity index (χ1) is 11.7. The molecule has 0 atom stereocenters. The van der Waals surface area contributed by atoms with Gasteiger partial charge in [-0.1, -0.05) is 18.2 Å². The fourth-order valence-corrected chi connectivity index (χ4v) is 2.19. The lowest BCUT2D eigenvalue weighted by molar-refractivity contribution is 0.102. The molecule has 0 aliphatic rings. The van der Waals surface area contributed by atoms with Crippen molar-refractivity contribution in [2.45, 2.75) is 0 Å². The number of carbonyl (C=O) groups is 1. The molecule has 24 heavy (non-hydrogen) atoms. The molecule has 3 rings (SSSR count). The normalized spacial score (nSPS) is 9.96. The van der Waals surface area contributed by atoms with Crippen LogP contribution < -0.4 is 10.9 Å². The van der Waals surface area contributed by atoms with Gasteiger partial charge in [-0.05, 0) is 36.4 Å². The summed E-state index contributed by atoms with van der Waals surface area (Å²) in [5, 5.41) is 18.0. The van der Waals surface area contributed by atoms with Crippen molar-refractivity contribution in [1.29, 1.82) is 5.26 Å². The Morgan fingerprint density at radius 2 is 1.92 bits per heavy atom. The van der Waals surface area contributed by atoms with E-state index in [9.17, 15) is 9.59 Å². The Labute approximate surface area is 137 Å². The Balaban J connectivity index is 1.84. The smallest absolute Gasteiger partial charge is 0.264 e. The summed E-state index contributed by atoms with van der Waals surface area (Å²) in [5.74, 6) is -0.307. The Bertz CT molecular complexity index is 982. The summed E-state index contributed by atoms with van der Waals surface area (Å²) < 4.78 is 0. The molecule has 116 valence electrons. The lowest BCUT2D eigenvalue weighted by Crippen LogP contribution is -2.12. The molecule has 2 N–H and O–H groups in total. The lowest BCUT2D eigenvalue weighted by Gasteiger charge is -2.07. The van der Waals surface area contributed by atoms with Gasteiger partial charge in [0.05, 0.1) is 17.3 Å². The molecule has 1 aromatic heterocycles. The van der Waals surface area contributed by atoms with Crippen molar-refractivity contribution < 1.29 is 4.79 Å². The Hall–Kier alpha value is -3.72. The quantitative estimate of drug-likeness (QED) is 0.775. The van der Waals surface area contributed by atoms with Crippen LogP contribution in [-0.4, -0.2) is 16.1 Å². The number of hydrogen-bond acceptors (Lipinski definition) is 4. The number of benzene rings is 2. The third-order valence-electron chi connectivity index (χ3n) is 3.35. The van der Waals surface area contributed by atoms with Crippen molar-refractivity contribution in [3.8, 4) is 17.3 Å². The number of nitriles is 1. The zero-order valence-electron chi connectivity index (χ0n) is 12.5. The fraction of sp³-hybridized carbons (Fsp3) is 0. The van der Waals surface area contributed by atoms with Gasteiger partial charge >= 0.3 is 0 Å². The SMILES string of the molecule is N#Cc1cccc(C(=O)Nc2cccc(-c3ccc(=O)[nH]n3)c2)c1. The standard InChI is InChI=1S/C18H12N4O2/c19-11-12-3-1-5-14(9-12)18(24)20-15-6-2-4-13(10-15)16-7-8-17(23)22-21-16/h1-10H,(H,20,24)(H,22,23). The van der Waals surface area contributed by atoms with E-state index >= 15 is 0 Å². The second kappa shape index (κ2) is 6.58. The third kappa shape index (κ3) is 3.36. The van der Waals surface area contributed by atoms with Crippen LogP contribution in [0.2, 0.25) is 0 Å². The number of amides is 1. The molecule has 2 aromatic carbocycles. The number of nitrogens with one attached hydrogen (secondary N) is 2. The molecule has 1 heterocycles. The van der Waals surface area contributed by atoms with Gasteiger partial charge in [0.25, 0.3) is 11.5 Å². The highest BCUT2D eigenvalue weighted by Gasteiger charge is 2.08. The van der Waals surface area contributed by atoms with Crippen molar-refractivity contribution >= 4 is 11.6 Å². The van der Waals surface area contributed by atoms with E-state index in [2.05, 4.69) is 15.5 Å². The molecule has 1 amide bonds. The molecule has 0 bridgehead atoms. The predicted molar refractivity (Wildman–Crippen MR) is 89.4 cm³/mol. The summed E-state index contributed by atoms with van der Waals surface area (Å²) >= 11 is 0. The number of rotatable bonds is 3. The van der Waals surface area contributed by atoms with E-state index in [1.54, 1.807) is 42.5 Å². The molecule has 0 unspecified atom stereocenters. The van der Waals surface area contributed by atoms with Gasteiger partial charge in [-0.2, -0.15) is 10.4 Å². The second-order valence-electron chi connectivity index (χ2n) is 5.03. The summed E-state index contributed by atoms with van der Waals surface area (Å²) in [6, 6.07) is 18.6. The van der Waals surface area contributed by atoms with Gasteiger partial charge in [0.15, 0.2) is 0 Å². The minimum Gasteiger partial charge on any atom is -0.322 e. The van der Waals surface area contributed by atoms with Crippen molar-refractivity contribution in [3.63, 3.8) is 0 Å². The molecule has 3 aromatic rings. The first kappa shape index (κ1) is 15.2. The van der Waals surface area contributed by atoms with E-state index < -0.39 is 0 Å². The molecule has 0 radical (unpaired) electrons. The van der Waals surface area contributed by atoms with Crippen LogP contribution in [0.15, 0.2) is 65.5 Å². The van der Waals surface area contributed by atoms with Crippen LogP contribution in [0, 0.1) is 11.3 Å². The Morgan fingerprint density at radius 1 is 1.08 bits per heavy atom. The maximum atomic E-state index is 12.3. The highest BCUT2D eigenvalue weighted by atomic mass is 16.1. The van der Waals surface area contributed by atoms with Gasteiger partial charge in [-0.3, -0.25) is 9.59 Å². The Morgan fingerprint density at radius 3 is 2.67 bits per heavy atom. The monoisotopic (exact) mass is 316 g/mol. The van der Waals surface area contributed by atoms with E-state index in [-0.39, 0.29) is 11.5 Å². The van der Waals surface area contributed by atoms with Crippen LogP contribution in [0.5, 0.6) is 0 Å². The number of nitrogens with zero attached hydrogens (tertiary/aromatic N) is 2. The van der Waals surface area contributed by atoms with Crippen LogP contribution in [0.1, 0.15) is 15.9 Å². The van der Waals surface area contributed by atoms with Crippen molar-refractivity contribution in [3.05, 3.63) is 82.1 Å². The maximum Gasteiger partial charge on any atom is 0.264 e. The van der Waals surface area contributed by atoms with Crippen LogP contribution in [0.4, 0.5) is 5.69 Å². The third-order valence-corrected chi connectivity index (χ3v) is 3.35. The molecule has 6 heteroatoms. The van der Waals surface area contributed by atoms with Crippen LogP contribution in [-0.2, 0) is 0 Å². The van der Waals surface area contributed by atoms with Gasteiger partial charge in [0, 0.05) is 22.9 Å². The maximum absolute atomic E-state index is 12.3. The zero-order valence-corrected chi connectivity index (χ0v) is 12.5. The summed E-state index contributed by atoms with van der Waals surface area (Å²) in [6.45, 7) is 0. The molecule has 0 saturated heterocycles. The number of aromatic amines is 1. The zero-order chi connectivity index (χ0) is 16.9. The number of hydrogen-bond donors (Lipinski definition) is 2. The first-order valence-corrected chi connectivity index (χ1v) is 7.13. The highest BCUT2D eigenvalue weighted by Crippen LogP contribution is 2.20. The van der Waals surface area contributed by atoms with E-state index in [1.807, 2.05) is 12.1 Å². The number of H-pyrrole nitrogens is 1. The van der Waals surface area contributed by atoms with Crippen LogP contribution in [0.25, 0.3) is 11.3 Å². The largest absolute Gasteiger partial charge is 0.322 e. The number of anilines is 1. The number of aromatic nitrogens is 2. The van der Waals surface area contributed by atoms with Crippen molar-refractivity contribution in [1.82, 2.24) is 10.2 Å². The fourth-order valence-electron chi connectivity index (χ4n) is 2.19. The molecule has 0 aliphatic heterocycles. The molecule has 0 aliphatic carbocycles. The first-order valence-electron chi connectivity index (χ1n) is 7.13. The minimum absolute atomic E-state index is 0.277. The van der Waals surface area contributed by atoms with E-state index in [0.29, 0.717) is 22.5 Å². The van der Waals surface area contributed by atoms with Gasteiger partial charge in [0.2, 0.25) is 0 Å². The number of carbonyl (C=O) groups excluding carboxylic acids is 1. The van der Waals surface area contributed by atoms with E-state index in [1.165, 1.54) is 12.1 Å². The summed E-state index contributed by atoms with van der Waals surface area (Å²) in [7, 11) is 0.